The zero-order valence-corrected chi connectivity index (χ0v) is 20.0. The number of alkyl carbamates (subject to hydrolysis) is 1. The summed E-state index contributed by atoms with van der Waals surface area (Å²) in [5.74, 6) is -1.66. The lowest BCUT2D eigenvalue weighted by atomic mass is 10.1. The summed E-state index contributed by atoms with van der Waals surface area (Å²) in [6, 6.07) is -2.03. The van der Waals surface area contributed by atoms with Crippen LogP contribution >= 0.6 is 11.8 Å². The van der Waals surface area contributed by atoms with Crippen molar-refractivity contribution < 1.29 is 38.2 Å². The molecule has 0 rings (SSSR count). The number of carbonyl (C=O) groups is 5. The van der Waals surface area contributed by atoms with Crippen LogP contribution in [-0.4, -0.2) is 79.8 Å². The van der Waals surface area contributed by atoms with Crippen molar-refractivity contribution in [3.8, 4) is 0 Å². The summed E-state index contributed by atoms with van der Waals surface area (Å²) >= 11 is 1.36. The van der Waals surface area contributed by atoms with Crippen LogP contribution in [0.3, 0.4) is 0 Å². The molecule has 0 aliphatic rings. The molecular formula is C20H33N3O8S. The van der Waals surface area contributed by atoms with E-state index >= 15 is 0 Å². The summed E-state index contributed by atoms with van der Waals surface area (Å²) in [7, 11) is 2.35. The molecule has 0 saturated carbocycles. The van der Waals surface area contributed by atoms with Gasteiger partial charge in [0.05, 0.1) is 14.2 Å². The van der Waals surface area contributed by atoms with Crippen molar-refractivity contribution in [2.24, 2.45) is 0 Å². The van der Waals surface area contributed by atoms with E-state index in [0.717, 1.165) is 7.11 Å². The summed E-state index contributed by atoms with van der Waals surface area (Å²) < 4.78 is 14.3. The average Bonchev–Trinajstić information content (AvgIpc) is 2.72. The van der Waals surface area contributed by atoms with Crippen molar-refractivity contribution in [3.63, 3.8) is 0 Å². The zero-order valence-electron chi connectivity index (χ0n) is 19.1. The van der Waals surface area contributed by atoms with Crippen LogP contribution in [0.25, 0.3) is 0 Å². The van der Waals surface area contributed by atoms with Crippen LogP contribution < -0.4 is 16.0 Å². The molecule has 0 heterocycles. The predicted molar refractivity (Wildman–Crippen MR) is 119 cm³/mol. The fourth-order valence-corrected chi connectivity index (χ4v) is 2.96. The summed E-state index contributed by atoms with van der Waals surface area (Å²) in [6.45, 7) is 8.27. The molecule has 0 aliphatic heterocycles. The zero-order chi connectivity index (χ0) is 24.7. The van der Waals surface area contributed by atoms with Gasteiger partial charge < -0.3 is 30.2 Å². The molecule has 0 aliphatic carbocycles. The highest BCUT2D eigenvalue weighted by Crippen LogP contribution is 2.09. The van der Waals surface area contributed by atoms with Gasteiger partial charge in [0, 0.05) is 17.9 Å². The Morgan fingerprint density at radius 2 is 1.69 bits per heavy atom. The average molecular weight is 476 g/mol. The summed E-state index contributed by atoms with van der Waals surface area (Å²) in [4.78, 5) is 59.9. The molecule has 0 bridgehead atoms. The van der Waals surface area contributed by atoms with Crippen LogP contribution in [0.1, 0.15) is 33.6 Å². The Morgan fingerprint density at radius 3 is 2.22 bits per heavy atom. The molecule has 0 fully saturated rings. The van der Waals surface area contributed by atoms with Crippen LogP contribution in [0.4, 0.5) is 4.79 Å². The van der Waals surface area contributed by atoms with E-state index in [9.17, 15) is 24.0 Å². The second kappa shape index (κ2) is 15.1. The molecule has 11 nitrogen and oxygen atoms in total. The highest BCUT2D eigenvalue weighted by molar-refractivity contribution is 7.99. The van der Waals surface area contributed by atoms with Gasteiger partial charge in [0.15, 0.2) is 0 Å². The number of rotatable bonds is 13. The minimum absolute atomic E-state index is 0.0753. The molecule has 12 heteroatoms. The molecular weight excluding hydrogens is 442 g/mol. The molecule has 0 aromatic heterocycles. The molecule has 32 heavy (non-hydrogen) atoms. The number of esters is 2. The third-order valence-electron chi connectivity index (χ3n) is 3.64. The van der Waals surface area contributed by atoms with Crippen molar-refractivity contribution in [1.82, 2.24) is 16.0 Å². The fraction of sp³-hybridized carbons (Fsp3) is 0.650. The van der Waals surface area contributed by atoms with Crippen molar-refractivity contribution >= 4 is 41.6 Å². The number of nitrogens with one attached hydrogen (secondary N) is 3. The van der Waals surface area contributed by atoms with Crippen molar-refractivity contribution in [3.05, 3.63) is 12.7 Å². The molecule has 0 spiro atoms. The van der Waals surface area contributed by atoms with E-state index < -0.39 is 47.5 Å². The van der Waals surface area contributed by atoms with E-state index in [1.807, 2.05) is 0 Å². The van der Waals surface area contributed by atoms with E-state index in [1.165, 1.54) is 18.9 Å². The third-order valence-corrected chi connectivity index (χ3v) is 4.68. The van der Waals surface area contributed by atoms with Gasteiger partial charge in [-0.05, 0) is 27.2 Å². The minimum Gasteiger partial charge on any atom is -0.468 e. The number of carbonyl (C=O) groups excluding carboxylic acids is 5. The SMILES string of the molecule is C=CCSC[C@H](NC(=O)CC[C@H](NC(=O)OC(C)(C)C)C(=O)OC)C(=O)NCC(=O)OC. The molecule has 0 aromatic rings. The summed E-state index contributed by atoms with van der Waals surface area (Å²) in [5, 5.41) is 7.33. The Morgan fingerprint density at radius 1 is 1.03 bits per heavy atom. The molecule has 182 valence electrons. The minimum atomic E-state index is -1.11. The monoisotopic (exact) mass is 475 g/mol. The van der Waals surface area contributed by atoms with Crippen LogP contribution in [0, 0.1) is 0 Å². The third kappa shape index (κ3) is 13.5. The number of hydrogen-bond acceptors (Lipinski definition) is 9. The number of ether oxygens (including phenoxy) is 3. The Hall–Kier alpha value is -2.76. The van der Waals surface area contributed by atoms with Crippen LogP contribution in [0.5, 0.6) is 0 Å². The lowest BCUT2D eigenvalue weighted by Gasteiger charge is -2.23. The molecule has 0 radical (unpaired) electrons. The second-order valence-electron chi connectivity index (χ2n) is 7.50. The molecule has 0 unspecified atom stereocenters. The van der Waals surface area contributed by atoms with Gasteiger partial charge in [-0.1, -0.05) is 6.08 Å². The second-order valence-corrected chi connectivity index (χ2v) is 8.58. The van der Waals surface area contributed by atoms with Gasteiger partial charge in [-0.25, -0.2) is 9.59 Å². The van der Waals surface area contributed by atoms with Gasteiger partial charge in [0.2, 0.25) is 11.8 Å². The van der Waals surface area contributed by atoms with Gasteiger partial charge >= 0.3 is 18.0 Å². The Kier molecular flexibility index (Phi) is 13.8. The van der Waals surface area contributed by atoms with Crippen LogP contribution in [-0.2, 0) is 33.4 Å². The van der Waals surface area contributed by atoms with Gasteiger partial charge in [-0.15, -0.1) is 6.58 Å². The molecule has 0 saturated heterocycles. The normalized spacial score (nSPS) is 12.5. The van der Waals surface area contributed by atoms with Gasteiger partial charge in [-0.2, -0.15) is 11.8 Å². The van der Waals surface area contributed by atoms with E-state index in [0.29, 0.717) is 5.75 Å². The molecule has 3 amide bonds. The maximum Gasteiger partial charge on any atom is 0.408 e. The van der Waals surface area contributed by atoms with Crippen molar-refractivity contribution in [2.75, 3.05) is 32.3 Å². The van der Waals surface area contributed by atoms with Crippen LogP contribution in [0.15, 0.2) is 12.7 Å². The number of methoxy groups -OCH3 is 2. The summed E-state index contributed by atoms with van der Waals surface area (Å²) in [6.07, 6.45) is 0.574. The van der Waals surface area contributed by atoms with Crippen LogP contribution in [0.2, 0.25) is 0 Å². The smallest absolute Gasteiger partial charge is 0.408 e. The van der Waals surface area contributed by atoms with Gasteiger partial charge in [0.1, 0.15) is 24.2 Å². The highest BCUT2D eigenvalue weighted by Gasteiger charge is 2.27. The Bertz CT molecular complexity index is 678. The molecule has 2 atom stereocenters. The van der Waals surface area contributed by atoms with Crippen molar-refractivity contribution in [2.45, 2.75) is 51.3 Å². The first-order valence-electron chi connectivity index (χ1n) is 9.83. The van der Waals surface area contributed by atoms with E-state index in [2.05, 4.69) is 32.0 Å². The Labute approximate surface area is 192 Å². The largest absolute Gasteiger partial charge is 0.468 e. The first-order valence-corrected chi connectivity index (χ1v) is 11.0. The predicted octanol–water partition coefficient (Wildman–Crippen LogP) is 0.526. The van der Waals surface area contributed by atoms with Crippen molar-refractivity contribution in [1.29, 1.82) is 0 Å². The topological polar surface area (TPSA) is 149 Å². The number of amides is 3. The lowest BCUT2D eigenvalue weighted by molar-refractivity contribution is -0.143. The fourth-order valence-electron chi connectivity index (χ4n) is 2.19. The molecule has 3 N–H and O–H groups in total. The first kappa shape index (κ1) is 29.2. The molecule has 0 aromatic carbocycles. The van der Waals surface area contributed by atoms with Gasteiger partial charge in [-0.3, -0.25) is 14.4 Å². The van der Waals surface area contributed by atoms with E-state index in [4.69, 9.17) is 4.74 Å². The van der Waals surface area contributed by atoms with Gasteiger partial charge in [0.25, 0.3) is 0 Å². The highest BCUT2D eigenvalue weighted by atomic mass is 32.2. The standard InChI is InChI=1S/C20H33N3O8S/c1-7-10-32-12-14(17(26)21-11-16(25)29-5)22-15(24)9-8-13(18(27)30-6)23-19(28)31-20(2,3)4/h7,13-14H,1,8-12H2,2-6H3,(H,21,26)(H,22,24)(H,23,28)/t13-,14-/m0/s1. The Balaban J connectivity index is 4.96. The number of thioether (sulfide) groups is 1. The maximum absolute atomic E-state index is 12.4. The number of hydrogen-bond donors (Lipinski definition) is 3. The van der Waals surface area contributed by atoms with E-state index in [-0.39, 0.29) is 25.1 Å². The quantitative estimate of drug-likeness (QED) is 0.150. The maximum atomic E-state index is 12.4. The summed E-state index contributed by atoms with van der Waals surface area (Å²) in [5.41, 5.74) is -0.768. The first-order chi connectivity index (χ1) is 14.9. The van der Waals surface area contributed by atoms with E-state index in [1.54, 1.807) is 26.8 Å². The lowest BCUT2D eigenvalue weighted by Crippen LogP contribution is -2.50.